The van der Waals surface area contributed by atoms with Crippen molar-refractivity contribution in [1.29, 1.82) is 0 Å². The zero-order valence-electron chi connectivity index (χ0n) is 8.65. The van der Waals surface area contributed by atoms with Crippen molar-refractivity contribution in [2.75, 3.05) is 42.6 Å². The summed E-state index contributed by atoms with van der Waals surface area (Å²) >= 11 is 4.18. The third-order valence-electron chi connectivity index (χ3n) is 3.27. The van der Waals surface area contributed by atoms with Crippen LogP contribution in [-0.4, -0.2) is 53.6 Å². The van der Waals surface area contributed by atoms with Gasteiger partial charge in [0.2, 0.25) is 0 Å². The molecule has 4 heteroatoms. The molecule has 2 atom stereocenters. The fraction of sp³-hybridized carbons (Fsp3) is 1.00. The van der Waals surface area contributed by atoms with Crippen LogP contribution in [0.15, 0.2) is 0 Å². The minimum Gasteiger partial charge on any atom is -0.329 e. The normalized spacial score (nSPS) is 31.9. The van der Waals surface area contributed by atoms with Gasteiger partial charge in [-0.3, -0.25) is 4.90 Å². The van der Waals surface area contributed by atoms with Crippen molar-refractivity contribution in [1.82, 2.24) is 4.90 Å². The number of nitrogens with zero attached hydrogens (tertiary/aromatic N) is 1. The zero-order chi connectivity index (χ0) is 9.80. The number of nitrogens with two attached hydrogens (primary N) is 1. The summed E-state index contributed by atoms with van der Waals surface area (Å²) in [7, 11) is 0. The van der Waals surface area contributed by atoms with Gasteiger partial charge in [0.1, 0.15) is 0 Å². The van der Waals surface area contributed by atoms with E-state index in [2.05, 4.69) is 28.4 Å². The average Bonchev–Trinajstić information content (AvgIpc) is 2.74. The molecule has 2 nitrogen and oxygen atoms in total. The minimum absolute atomic E-state index is 0.672. The van der Waals surface area contributed by atoms with E-state index in [0.29, 0.717) is 6.04 Å². The Labute approximate surface area is 95.4 Å². The molecule has 14 heavy (non-hydrogen) atoms. The number of hydrogen-bond donors (Lipinski definition) is 1. The zero-order valence-corrected chi connectivity index (χ0v) is 10.3. The molecule has 0 spiro atoms. The van der Waals surface area contributed by atoms with Gasteiger partial charge in [0.05, 0.1) is 0 Å². The smallest absolute Gasteiger partial charge is 0.0255 e. The first-order valence-electron chi connectivity index (χ1n) is 5.51. The molecule has 0 aromatic carbocycles. The van der Waals surface area contributed by atoms with Crippen molar-refractivity contribution in [3.8, 4) is 0 Å². The van der Waals surface area contributed by atoms with Gasteiger partial charge in [-0.2, -0.15) is 23.5 Å². The molecule has 2 rings (SSSR count). The van der Waals surface area contributed by atoms with Crippen LogP contribution in [0, 0.1) is 5.92 Å². The van der Waals surface area contributed by atoms with E-state index < -0.39 is 0 Å². The molecular formula is C10H20N2S2. The van der Waals surface area contributed by atoms with E-state index in [9.17, 15) is 0 Å². The van der Waals surface area contributed by atoms with Crippen LogP contribution in [0.25, 0.3) is 0 Å². The predicted molar refractivity (Wildman–Crippen MR) is 67.2 cm³/mol. The summed E-state index contributed by atoms with van der Waals surface area (Å²) in [6.07, 6.45) is 1.39. The number of rotatable bonds is 3. The molecule has 2 heterocycles. The Hall–Kier alpha value is 0.620. The molecule has 2 N–H and O–H groups in total. The van der Waals surface area contributed by atoms with Crippen LogP contribution in [-0.2, 0) is 0 Å². The van der Waals surface area contributed by atoms with Crippen LogP contribution >= 0.6 is 23.5 Å². The van der Waals surface area contributed by atoms with Crippen LogP contribution < -0.4 is 5.73 Å². The maximum Gasteiger partial charge on any atom is 0.0255 e. The average molecular weight is 232 g/mol. The van der Waals surface area contributed by atoms with Crippen molar-refractivity contribution >= 4 is 23.5 Å². The van der Waals surface area contributed by atoms with Gasteiger partial charge >= 0.3 is 0 Å². The largest absolute Gasteiger partial charge is 0.329 e. The third-order valence-corrected chi connectivity index (χ3v) is 5.40. The molecule has 82 valence electrons. The highest BCUT2D eigenvalue weighted by molar-refractivity contribution is 7.99. The lowest BCUT2D eigenvalue weighted by Crippen LogP contribution is -2.49. The Bertz CT molecular complexity index is 166. The van der Waals surface area contributed by atoms with Crippen LogP contribution in [0.1, 0.15) is 6.42 Å². The molecule has 0 aliphatic carbocycles. The molecule has 0 radical (unpaired) electrons. The summed E-state index contributed by atoms with van der Waals surface area (Å²) < 4.78 is 0. The van der Waals surface area contributed by atoms with E-state index in [1.54, 1.807) is 0 Å². The molecule has 0 aromatic heterocycles. The molecule has 2 fully saturated rings. The van der Waals surface area contributed by atoms with Gasteiger partial charge < -0.3 is 5.73 Å². The first-order chi connectivity index (χ1) is 6.92. The van der Waals surface area contributed by atoms with Crippen LogP contribution in [0.3, 0.4) is 0 Å². The van der Waals surface area contributed by atoms with Crippen LogP contribution in [0.2, 0.25) is 0 Å². The molecule has 2 aliphatic rings. The molecule has 0 aromatic rings. The van der Waals surface area contributed by atoms with Crippen LogP contribution in [0.5, 0.6) is 0 Å². The lowest BCUT2D eigenvalue weighted by molar-refractivity contribution is 0.170. The fourth-order valence-corrected chi connectivity index (χ4v) is 4.66. The van der Waals surface area contributed by atoms with Crippen molar-refractivity contribution in [3.05, 3.63) is 0 Å². The van der Waals surface area contributed by atoms with Crippen LogP contribution in [0.4, 0.5) is 0 Å². The van der Waals surface area contributed by atoms with Crippen molar-refractivity contribution in [2.45, 2.75) is 12.5 Å². The van der Waals surface area contributed by atoms with E-state index in [1.807, 2.05) is 0 Å². The van der Waals surface area contributed by atoms with Crippen molar-refractivity contribution < 1.29 is 0 Å². The second kappa shape index (κ2) is 5.64. The molecule has 0 bridgehead atoms. The van der Waals surface area contributed by atoms with Gasteiger partial charge in [-0.15, -0.1) is 0 Å². The fourth-order valence-electron chi connectivity index (χ4n) is 2.40. The Morgan fingerprint density at radius 3 is 2.57 bits per heavy atom. The predicted octanol–water partition coefficient (Wildman–Crippen LogP) is 1.12. The Morgan fingerprint density at radius 1 is 1.21 bits per heavy atom. The van der Waals surface area contributed by atoms with Crippen molar-refractivity contribution in [3.63, 3.8) is 0 Å². The maximum atomic E-state index is 5.93. The van der Waals surface area contributed by atoms with Gasteiger partial charge in [-0.25, -0.2) is 0 Å². The first-order valence-corrected chi connectivity index (χ1v) is 7.82. The minimum atomic E-state index is 0.672. The Morgan fingerprint density at radius 2 is 2.00 bits per heavy atom. The summed E-state index contributed by atoms with van der Waals surface area (Å²) in [6.45, 7) is 3.37. The SMILES string of the molecule is NCC(C1CCSC1)N1CCSCC1. The summed E-state index contributed by atoms with van der Waals surface area (Å²) in [4.78, 5) is 2.63. The number of hydrogen-bond acceptors (Lipinski definition) is 4. The Balaban J connectivity index is 1.89. The van der Waals surface area contributed by atoms with Gasteiger partial charge in [-0.1, -0.05) is 0 Å². The molecule has 2 aliphatic heterocycles. The Kier molecular flexibility index (Phi) is 4.47. The van der Waals surface area contributed by atoms with Gasteiger partial charge in [-0.05, 0) is 23.8 Å². The second-order valence-electron chi connectivity index (χ2n) is 4.08. The first kappa shape index (κ1) is 11.1. The summed E-state index contributed by atoms with van der Waals surface area (Å²) in [5.74, 6) is 6.16. The van der Waals surface area contributed by atoms with E-state index in [0.717, 1.165) is 12.5 Å². The molecule has 0 amide bonds. The topological polar surface area (TPSA) is 29.3 Å². The summed E-state index contributed by atoms with van der Waals surface area (Å²) in [5, 5.41) is 0. The maximum absolute atomic E-state index is 5.93. The van der Waals surface area contributed by atoms with E-state index in [1.165, 1.54) is 42.5 Å². The highest BCUT2D eigenvalue weighted by atomic mass is 32.2. The van der Waals surface area contributed by atoms with E-state index in [-0.39, 0.29) is 0 Å². The standard InChI is InChI=1S/C10H20N2S2/c11-7-10(9-1-4-14-8-9)12-2-5-13-6-3-12/h9-10H,1-8,11H2. The molecule has 2 saturated heterocycles. The third kappa shape index (κ3) is 2.60. The lowest BCUT2D eigenvalue weighted by Gasteiger charge is -2.36. The van der Waals surface area contributed by atoms with Gasteiger partial charge in [0.15, 0.2) is 0 Å². The van der Waals surface area contributed by atoms with Gasteiger partial charge in [0, 0.05) is 37.2 Å². The molecule has 0 saturated carbocycles. The monoisotopic (exact) mass is 232 g/mol. The number of thioether (sulfide) groups is 2. The molecule has 2 unspecified atom stereocenters. The highest BCUT2D eigenvalue weighted by Crippen LogP contribution is 2.29. The van der Waals surface area contributed by atoms with E-state index in [4.69, 9.17) is 5.73 Å². The van der Waals surface area contributed by atoms with Crippen molar-refractivity contribution in [2.24, 2.45) is 11.7 Å². The summed E-state index contributed by atoms with van der Waals surface area (Å²) in [5.41, 5.74) is 5.93. The second-order valence-corrected chi connectivity index (χ2v) is 6.45. The van der Waals surface area contributed by atoms with Gasteiger partial charge in [0.25, 0.3) is 0 Å². The summed E-state index contributed by atoms with van der Waals surface area (Å²) in [6, 6.07) is 0.672. The highest BCUT2D eigenvalue weighted by Gasteiger charge is 2.29. The lowest BCUT2D eigenvalue weighted by atomic mass is 9.97. The van der Waals surface area contributed by atoms with E-state index >= 15 is 0 Å². The quantitative estimate of drug-likeness (QED) is 0.789. The molecular weight excluding hydrogens is 212 g/mol.